The van der Waals surface area contributed by atoms with Gasteiger partial charge in [0.2, 0.25) is 0 Å². The van der Waals surface area contributed by atoms with E-state index in [-0.39, 0.29) is 30.9 Å². The summed E-state index contributed by atoms with van der Waals surface area (Å²) in [6, 6.07) is 29.0. The normalized spacial score (nSPS) is 12.1. The molecule has 4 aromatic carbocycles. The summed E-state index contributed by atoms with van der Waals surface area (Å²) >= 11 is 0. The molecule has 0 aliphatic carbocycles. The highest BCUT2D eigenvalue weighted by molar-refractivity contribution is 6.06. The zero-order valence-electron chi connectivity index (χ0n) is 21.0. The molecule has 0 atom stereocenters. The number of carbonyl (C=O) groups excluding carboxylic acids is 3. The first-order valence-electron chi connectivity index (χ1n) is 12.4. The van der Waals surface area contributed by atoms with Gasteiger partial charge in [-0.25, -0.2) is 4.79 Å². The minimum absolute atomic E-state index is 0.150. The number of hydrogen-bond donors (Lipinski definition) is 1. The zero-order chi connectivity index (χ0) is 27.0. The Balaban J connectivity index is 1.08. The lowest BCUT2D eigenvalue weighted by molar-refractivity contribution is -0.118. The molecule has 39 heavy (non-hydrogen) atoms. The average Bonchev–Trinajstić information content (AvgIpc) is 3.34. The summed E-state index contributed by atoms with van der Waals surface area (Å²) in [5.74, 6) is 0.361. The summed E-state index contributed by atoms with van der Waals surface area (Å²) in [5, 5.41) is 2.73. The van der Waals surface area contributed by atoms with Crippen molar-refractivity contribution in [2.24, 2.45) is 0 Å². The van der Waals surface area contributed by atoms with Gasteiger partial charge in [0.1, 0.15) is 24.7 Å². The lowest BCUT2D eigenvalue weighted by Crippen LogP contribution is -2.20. The number of hydrogen-bond acceptors (Lipinski definition) is 6. The molecule has 1 amide bonds. The summed E-state index contributed by atoms with van der Waals surface area (Å²) < 4.78 is 16.3. The largest absolute Gasteiger partial charge is 0.489 e. The van der Waals surface area contributed by atoms with E-state index in [0.717, 1.165) is 22.4 Å². The van der Waals surface area contributed by atoms with Crippen molar-refractivity contribution in [2.45, 2.75) is 13.2 Å². The third kappa shape index (κ3) is 6.78. The molecule has 0 saturated heterocycles. The standard InChI is InChI=1S/C32H25NO6/c34-30(17-8-22-6-12-27(13-7-22)37-19-23-4-2-1-3-5-23)24-9-14-28(15-10-24)38-21-31(35)33-26-11-16-29-25(18-26)20-39-32(29)36/h1-18H,19-21H2,(H,33,35)/b17-8+. The predicted octanol–water partition coefficient (Wildman–Crippen LogP) is 5.85. The topological polar surface area (TPSA) is 90.9 Å². The van der Waals surface area contributed by atoms with Crippen LogP contribution in [0, 0.1) is 0 Å². The highest BCUT2D eigenvalue weighted by Gasteiger charge is 2.21. The number of anilines is 1. The average molecular weight is 520 g/mol. The molecule has 1 aliphatic heterocycles. The number of ether oxygens (including phenoxy) is 3. The molecule has 0 aromatic heterocycles. The Morgan fingerprint density at radius 2 is 1.56 bits per heavy atom. The second kappa shape index (κ2) is 11.9. The first kappa shape index (κ1) is 25.5. The summed E-state index contributed by atoms with van der Waals surface area (Å²) in [7, 11) is 0. The summed E-state index contributed by atoms with van der Waals surface area (Å²) in [5.41, 5.74) is 4.28. The van der Waals surface area contributed by atoms with Gasteiger partial charge in [0.15, 0.2) is 12.4 Å². The van der Waals surface area contributed by atoms with Crippen molar-refractivity contribution in [1.82, 2.24) is 0 Å². The fourth-order valence-electron chi connectivity index (χ4n) is 3.96. The van der Waals surface area contributed by atoms with Crippen molar-refractivity contribution >= 4 is 29.4 Å². The third-order valence-electron chi connectivity index (χ3n) is 6.03. The monoisotopic (exact) mass is 519 g/mol. The number of allylic oxidation sites excluding steroid dienone is 1. The number of esters is 1. The number of ketones is 1. The smallest absolute Gasteiger partial charge is 0.338 e. The minimum Gasteiger partial charge on any atom is -0.489 e. The van der Waals surface area contributed by atoms with Crippen LogP contribution in [0.15, 0.2) is 103 Å². The van der Waals surface area contributed by atoms with E-state index in [4.69, 9.17) is 14.2 Å². The van der Waals surface area contributed by atoms with Gasteiger partial charge >= 0.3 is 5.97 Å². The molecule has 194 valence electrons. The van der Waals surface area contributed by atoms with Crippen molar-refractivity contribution in [3.05, 3.63) is 131 Å². The number of rotatable bonds is 10. The molecule has 1 aliphatic rings. The molecular formula is C32H25NO6. The van der Waals surface area contributed by atoms with E-state index < -0.39 is 0 Å². The lowest BCUT2D eigenvalue weighted by atomic mass is 10.1. The van der Waals surface area contributed by atoms with Crippen molar-refractivity contribution in [3.63, 3.8) is 0 Å². The SMILES string of the molecule is O=C(COc1ccc(C(=O)/C=C/c2ccc(OCc3ccccc3)cc2)cc1)Nc1ccc2c(c1)COC2=O. The molecule has 7 nitrogen and oxygen atoms in total. The molecule has 1 heterocycles. The minimum atomic E-state index is -0.359. The fourth-order valence-corrected chi connectivity index (χ4v) is 3.96. The van der Waals surface area contributed by atoms with Crippen molar-refractivity contribution < 1.29 is 28.6 Å². The molecule has 0 spiro atoms. The number of fused-ring (bicyclic) bond motifs is 1. The Bertz CT molecular complexity index is 1510. The second-order valence-corrected chi connectivity index (χ2v) is 8.85. The van der Waals surface area contributed by atoms with Crippen LogP contribution in [-0.4, -0.2) is 24.3 Å². The van der Waals surface area contributed by atoms with E-state index in [9.17, 15) is 14.4 Å². The number of nitrogens with one attached hydrogen (secondary N) is 1. The van der Waals surface area contributed by atoms with Crippen LogP contribution in [0.5, 0.6) is 11.5 Å². The van der Waals surface area contributed by atoms with Crippen LogP contribution in [0.1, 0.15) is 37.4 Å². The highest BCUT2D eigenvalue weighted by atomic mass is 16.5. The molecule has 7 heteroatoms. The maximum Gasteiger partial charge on any atom is 0.338 e. The molecule has 0 fully saturated rings. The van der Waals surface area contributed by atoms with Gasteiger partial charge < -0.3 is 19.5 Å². The van der Waals surface area contributed by atoms with E-state index in [1.54, 1.807) is 48.5 Å². The van der Waals surface area contributed by atoms with Gasteiger partial charge in [0.25, 0.3) is 5.91 Å². The van der Waals surface area contributed by atoms with Crippen LogP contribution in [0.4, 0.5) is 5.69 Å². The number of amides is 1. The Morgan fingerprint density at radius 3 is 2.33 bits per heavy atom. The maximum absolute atomic E-state index is 12.6. The second-order valence-electron chi connectivity index (χ2n) is 8.85. The van der Waals surface area contributed by atoms with Crippen LogP contribution in [0.25, 0.3) is 6.08 Å². The quantitative estimate of drug-likeness (QED) is 0.161. The zero-order valence-corrected chi connectivity index (χ0v) is 21.0. The van der Waals surface area contributed by atoms with Crippen LogP contribution in [0.3, 0.4) is 0 Å². The van der Waals surface area contributed by atoms with E-state index in [2.05, 4.69) is 5.32 Å². The van der Waals surface area contributed by atoms with Crippen molar-refractivity contribution in [1.29, 1.82) is 0 Å². The van der Waals surface area contributed by atoms with Gasteiger partial charge in [0.05, 0.1) is 5.56 Å². The Hall–Kier alpha value is -5.17. The number of carbonyl (C=O) groups is 3. The Morgan fingerprint density at radius 1 is 0.846 bits per heavy atom. The van der Waals surface area contributed by atoms with Crippen LogP contribution in [-0.2, 0) is 22.7 Å². The molecule has 1 N–H and O–H groups in total. The Labute approximate surface area is 225 Å². The molecule has 0 saturated carbocycles. The van der Waals surface area contributed by atoms with Crippen LogP contribution in [0.2, 0.25) is 0 Å². The van der Waals surface area contributed by atoms with E-state index in [1.165, 1.54) is 6.08 Å². The van der Waals surface area contributed by atoms with Gasteiger partial charge in [0, 0.05) is 16.8 Å². The Kier molecular flexibility index (Phi) is 7.79. The lowest BCUT2D eigenvalue weighted by Gasteiger charge is -2.08. The number of benzene rings is 4. The van der Waals surface area contributed by atoms with Crippen LogP contribution >= 0.6 is 0 Å². The third-order valence-corrected chi connectivity index (χ3v) is 6.03. The van der Waals surface area contributed by atoms with Crippen LogP contribution < -0.4 is 14.8 Å². The predicted molar refractivity (Wildman–Crippen MR) is 147 cm³/mol. The first-order chi connectivity index (χ1) is 19.0. The highest BCUT2D eigenvalue weighted by Crippen LogP contribution is 2.23. The molecular weight excluding hydrogens is 494 g/mol. The molecule has 0 radical (unpaired) electrons. The van der Waals surface area contributed by atoms with Crippen molar-refractivity contribution in [3.8, 4) is 11.5 Å². The maximum atomic E-state index is 12.6. The molecule has 4 aromatic rings. The van der Waals surface area contributed by atoms with Crippen molar-refractivity contribution in [2.75, 3.05) is 11.9 Å². The summed E-state index contributed by atoms with van der Waals surface area (Å²) in [6.45, 7) is 0.488. The molecule has 5 rings (SSSR count). The van der Waals surface area contributed by atoms with Gasteiger partial charge in [-0.05, 0) is 71.8 Å². The number of cyclic esters (lactones) is 1. The molecule has 0 bridgehead atoms. The van der Waals surface area contributed by atoms with Gasteiger partial charge in [-0.15, -0.1) is 0 Å². The van der Waals surface area contributed by atoms with E-state index in [0.29, 0.717) is 29.2 Å². The first-order valence-corrected chi connectivity index (χ1v) is 12.4. The van der Waals surface area contributed by atoms with Gasteiger partial charge in [-0.3, -0.25) is 9.59 Å². The summed E-state index contributed by atoms with van der Waals surface area (Å²) in [6.07, 6.45) is 3.26. The van der Waals surface area contributed by atoms with Gasteiger partial charge in [-0.1, -0.05) is 48.5 Å². The van der Waals surface area contributed by atoms with E-state index >= 15 is 0 Å². The fraction of sp³-hybridized carbons (Fsp3) is 0.0938. The summed E-state index contributed by atoms with van der Waals surface area (Å²) in [4.78, 5) is 36.4. The van der Waals surface area contributed by atoms with E-state index in [1.807, 2.05) is 54.6 Å². The molecule has 0 unspecified atom stereocenters. The van der Waals surface area contributed by atoms with Gasteiger partial charge in [-0.2, -0.15) is 0 Å².